The summed E-state index contributed by atoms with van der Waals surface area (Å²) >= 11 is 0. The summed E-state index contributed by atoms with van der Waals surface area (Å²) in [7, 11) is 0. The lowest BCUT2D eigenvalue weighted by Crippen LogP contribution is -2.35. The zero-order valence-electron chi connectivity index (χ0n) is 7.18. The van der Waals surface area contributed by atoms with E-state index in [4.69, 9.17) is 5.26 Å². The maximum absolute atomic E-state index is 11.3. The average molecular weight is 163 g/mol. The van der Waals surface area contributed by atoms with Crippen LogP contribution in [0, 0.1) is 22.7 Å². The minimum atomic E-state index is -0.252. The Morgan fingerprint density at radius 2 is 2.42 bits per heavy atom. The highest BCUT2D eigenvalue weighted by atomic mass is 16.1. The van der Waals surface area contributed by atoms with Crippen LogP contribution in [0.2, 0.25) is 0 Å². The van der Waals surface area contributed by atoms with Crippen molar-refractivity contribution >= 4 is 5.78 Å². The molecule has 64 valence electrons. The average Bonchev–Trinajstić information content (AvgIpc) is 2.03. The predicted molar refractivity (Wildman–Crippen MR) is 44.2 cm³/mol. The van der Waals surface area contributed by atoms with Crippen LogP contribution in [0.1, 0.15) is 38.5 Å². The highest BCUT2D eigenvalue weighted by molar-refractivity contribution is 5.80. The Hall–Kier alpha value is -0.840. The molecule has 0 aromatic heterocycles. The lowest BCUT2D eigenvalue weighted by Gasteiger charge is -2.39. The second-order valence-electron chi connectivity index (χ2n) is 4.27. The zero-order chi connectivity index (χ0) is 8.60. The number of fused-ring (bicyclic) bond motifs is 2. The van der Waals surface area contributed by atoms with Gasteiger partial charge in [-0.2, -0.15) is 5.26 Å². The fourth-order valence-corrected chi connectivity index (χ4v) is 2.73. The number of rotatable bonds is 0. The monoisotopic (exact) mass is 163 g/mol. The van der Waals surface area contributed by atoms with Gasteiger partial charge in [-0.05, 0) is 25.2 Å². The molecule has 0 heterocycles. The molecule has 0 aromatic rings. The van der Waals surface area contributed by atoms with Gasteiger partial charge in [-0.3, -0.25) is 4.79 Å². The molecule has 0 aliphatic heterocycles. The van der Waals surface area contributed by atoms with Crippen molar-refractivity contribution in [3.8, 4) is 6.07 Å². The molecule has 2 bridgehead atoms. The molecule has 0 N–H and O–H groups in total. The molecular formula is C10H13NO. The topological polar surface area (TPSA) is 40.9 Å². The molecule has 0 amide bonds. The van der Waals surface area contributed by atoms with Crippen molar-refractivity contribution in [2.45, 2.75) is 38.5 Å². The highest BCUT2D eigenvalue weighted by Gasteiger charge is 2.42. The van der Waals surface area contributed by atoms with E-state index in [1.54, 1.807) is 0 Å². The molecule has 2 unspecified atom stereocenters. The van der Waals surface area contributed by atoms with Crippen LogP contribution in [0.3, 0.4) is 0 Å². The molecule has 0 spiro atoms. The number of hydrogen-bond acceptors (Lipinski definition) is 2. The van der Waals surface area contributed by atoms with Gasteiger partial charge in [-0.15, -0.1) is 0 Å². The maximum atomic E-state index is 11.3. The van der Waals surface area contributed by atoms with Crippen molar-refractivity contribution in [1.82, 2.24) is 0 Å². The Kier molecular flexibility index (Phi) is 1.68. The molecule has 2 fully saturated rings. The van der Waals surface area contributed by atoms with Gasteiger partial charge >= 0.3 is 0 Å². The molecule has 12 heavy (non-hydrogen) atoms. The van der Waals surface area contributed by atoms with Gasteiger partial charge in [0.2, 0.25) is 0 Å². The van der Waals surface area contributed by atoms with Gasteiger partial charge in [0.05, 0.1) is 11.5 Å². The predicted octanol–water partition coefficient (Wildman–Crippen LogP) is 2.05. The number of hydrogen-bond donors (Lipinski definition) is 0. The number of carbonyl (C=O) groups excluding carboxylic acids is 1. The lowest BCUT2D eigenvalue weighted by molar-refractivity contribution is -0.125. The molecular weight excluding hydrogens is 150 g/mol. The van der Waals surface area contributed by atoms with Gasteiger partial charge in [0.1, 0.15) is 5.78 Å². The maximum Gasteiger partial charge on any atom is 0.134 e. The molecule has 0 saturated heterocycles. The van der Waals surface area contributed by atoms with Gasteiger partial charge in [0.15, 0.2) is 0 Å². The smallest absolute Gasteiger partial charge is 0.134 e. The first-order chi connectivity index (χ1) is 5.74. The summed E-state index contributed by atoms with van der Waals surface area (Å²) in [4.78, 5) is 11.3. The Morgan fingerprint density at radius 1 is 1.58 bits per heavy atom. The van der Waals surface area contributed by atoms with Crippen molar-refractivity contribution in [2.75, 3.05) is 0 Å². The van der Waals surface area contributed by atoms with E-state index in [0.717, 1.165) is 32.1 Å². The molecule has 2 heteroatoms. The summed E-state index contributed by atoms with van der Waals surface area (Å²) in [5, 5.41) is 9.01. The molecule has 0 radical (unpaired) electrons. The van der Waals surface area contributed by atoms with Crippen LogP contribution in [0.15, 0.2) is 0 Å². The van der Waals surface area contributed by atoms with Crippen molar-refractivity contribution in [2.24, 2.45) is 11.3 Å². The van der Waals surface area contributed by atoms with Gasteiger partial charge < -0.3 is 0 Å². The standard InChI is InChI=1S/C10H13NO/c11-7-10-3-1-2-8(5-10)4-9(12)6-10/h8H,1-6H2. The number of ketones is 1. The van der Waals surface area contributed by atoms with E-state index in [1.165, 1.54) is 0 Å². The molecule has 2 saturated carbocycles. The molecule has 0 aromatic carbocycles. The molecule has 2 aliphatic rings. The van der Waals surface area contributed by atoms with Gasteiger partial charge in [0.25, 0.3) is 0 Å². The van der Waals surface area contributed by atoms with Crippen molar-refractivity contribution < 1.29 is 4.79 Å². The number of nitrogens with zero attached hydrogens (tertiary/aromatic N) is 1. The van der Waals surface area contributed by atoms with E-state index in [2.05, 4.69) is 6.07 Å². The van der Waals surface area contributed by atoms with Crippen LogP contribution in [-0.4, -0.2) is 5.78 Å². The fraction of sp³-hybridized carbons (Fsp3) is 0.800. The number of Topliss-reactive ketones (excluding diaryl/α,β-unsaturated/α-hetero) is 1. The SMILES string of the molecule is N#CC12CCCC(CC(=O)C1)C2. The fourth-order valence-electron chi connectivity index (χ4n) is 2.73. The largest absolute Gasteiger partial charge is 0.300 e. The van der Waals surface area contributed by atoms with Crippen LogP contribution in [0.5, 0.6) is 0 Å². The number of nitriles is 1. The lowest BCUT2D eigenvalue weighted by atomic mass is 9.62. The summed E-state index contributed by atoms with van der Waals surface area (Å²) in [6.07, 6.45) is 5.51. The van der Waals surface area contributed by atoms with Gasteiger partial charge in [0, 0.05) is 12.8 Å². The Morgan fingerprint density at radius 3 is 3.17 bits per heavy atom. The van der Waals surface area contributed by atoms with Crippen molar-refractivity contribution in [3.05, 3.63) is 0 Å². The molecule has 2 rings (SSSR count). The highest BCUT2D eigenvalue weighted by Crippen LogP contribution is 2.46. The van der Waals surface area contributed by atoms with Gasteiger partial charge in [-0.1, -0.05) is 6.42 Å². The zero-order valence-corrected chi connectivity index (χ0v) is 7.18. The first-order valence-electron chi connectivity index (χ1n) is 4.67. The van der Waals surface area contributed by atoms with E-state index < -0.39 is 0 Å². The minimum Gasteiger partial charge on any atom is -0.300 e. The van der Waals surface area contributed by atoms with E-state index in [-0.39, 0.29) is 5.41 Å². The third kappa shape index (κ3) is 1.14. The van der Waals surface area contributed by atoms with Crippen molar-refractivity contribution in [3.63, 3.8) is 0 Å². The van der Waals surface area contributed by atoms with Crippen LogP contribution < -0.4 is 0 Å². The van der Waals surface area contributed by atoms with Crippen LogP contribution >= 0.6 is 0 Å². The third-order valence-electron chi connectivity index (χ3n) is 3.24. The normalized spacial score (nSPS) is 40.6. The first-order valence-corrected chi connectivity index (χ1v) is 4.67. The van der Waals surface area contributed by atoms with Crippen molar-refractivity contribution in [1.29, 1.82) is 5.26 Å². The Balaban J connectivity index is 2.23. The Labute approximate surface area is 72.6 Å². The van der Waals surface area contributed by atoms with E-state index in [9.17, 15) is 4.79 Å². The molecule has 2 nitrogen and oxygen atoms in total. The first kappa shape index (κ1) is 7.79. The second kappa shape index (κ2) is 2.58. The quantitative estimate of drug-likeness (QED) is 0.548. The summed E-state index contributed by atoms with van der Waals surface area (Å²) < 4.78 is 0. The summed E-state index contributed by atoms with van der Waals surface area (Å²) in [6, 6.07) is 2.36. The van der Waals surface area contributed by atoms with Crippen LogP contribution in [0.4, 0.5) is 0 Å². The summed E-state index contributed by atoms with van der Waals surface area (Å²) in [5.41, 5.74) is -0.252. The molecule has 2 atom stereocenters. The molecule has 2 aliphatic carbocycles. The van der Waals surface area contributed by atoms with Gasteiger partial charge in [-0.25, -0.2) is 0 Å². The minimum absolute atomic E-state index is 0.252. The third-order valence-corrected chi connectivity index (χ3v) is 3.24. The van der Waals surface area contributed by atoms with E-state index in [1.807, 2.05) is 0 Å². The second-order valence-corrected chi connectivity index (χ2v) is 4.27. The van der Waals surface area contributed by atoms with Crippen LogP contribution in [-0.2, 0) is 4.79 Å². The van der Waals surface area contributed by atoms with E-state index >= 15 is 0 Å². The van der Waals surface area contributed by atoms with Crippen LogP contribution in [0.25, 0.3) is 0 Å². The summed E-state index contributed by atoms with van der Waals surface area (Å²) in [5.74, 6) is 0.840. The Bertz CT molecular complexity index is 253. The number of carbonyl (C=O) groups is 1. The van der Waals surface area contributed by atoms with E-state index in [0.29, 0.717) is 18.1 Å². The summed E-state index contributed by atoms with van der Waals surface area (Å²) in [6.45, 7) is 0.